The highest BCUT2D eigenvalue weighted by Crippen LogP contribution is 2.24. The van der Waals surface area contributed by atoms with Crippen molar-refractivity contribution in [3.63, 3.8) is 0 Å². The molecule has 3 nitrogen and oxygen atoms in total. The van der Waals surface area contributed by atoms with Crippen molar-refractivity contribution in [2.45, 2.75) is 24.9 Å². The quantitative estimate of drug-likeness (QED) is 0.901. The minimum Gasteiger partial charge on any atom is -0.388 e. The van der Waals surface area contributed by atoms with Gasteiger partial charge in [0.05, 0.1) is 5.60 Å². The Bertz CT molecular complexity index is 355. The van der Waals surface area contributed by atoms with E-state index in [1.54, 1.807) is 6.20 Å². The van der Waals surface area contributed by atoms with Gasteiger partial charge in [0.2, 0.25) is 0 Å². The van der Waals surface area contributed by atoms with Gasteiger partial charge in [-0.05, 0) is 54.5 Å². The zero-order valence-corrected chi connectivity index (χ0v) is 11.1. The monoisotopic (exact) mass is 284 g/mol. The molecule has 1 aromatic heterocycles. The Hall–Kier alpha value is -0.450. The lowest BCUT2D eigenvalue weighted by Gasteiger charge is -2.37. The zero-order chi connectivity index (χ0) is 11.6. The van der Waals surface area contributed by atoms with E-state index in [4.69, 9.17) is 0 Å². The van der Waals surface area contributed by atoms with Crippen LogP contribution in [0.4, 0.5) is 0 Å². The smallest absolute Gasteiger partial charge is 0.0829 e. The average molecular weight is 285 g/mol. The fraction of sp³-hybridized carbons (Fsp3) is 0.583. The van der Waals surface area contributed by atoms with E-state index in [2.05, 4.69) is 32.9 Å². The fourth-order valence-electron chi connectivity index (χ4n) is 2.33. The van der Waals surface area contributed by atoms with Gasteiger partial charge in [0.15, 0.2) is 0 Å². The van der Waals surface area contributed by atoms with Crippen LogP contribution in [0.5, 0.6) is 0 Å². The van der Waals surface area contributed by atoms with Crippen molar-refractivity contribution in [2.24, 2.45) is 0 Å². The molecule has 1 atom stereocenters. The molecule has 0 radical (unpaired) electrons. The Morgan fingerprint density at radius 2 is 2.38 bits per heavy atom. The van der Waals surface area contributed by atoms with Gasteiger partial charge in [0.1, 0.15) is 0 Å². The maximum Gasteiger partial charge on any atom is 0.0829 e. The topological polar surface area (TPSA) is 36.4 Å². The van der Waals surface area contributed by atoms with Crippen molar-refractivity contribution in [1.82, 2.24) is 9.88 Å². The van der Waals surface area contributed by atoms with Crippen LogP contribution in [0.1, 0.15) is 18.5 Å². The van der Waals surface area contributed by atoms with Crippen LogP contribution in [0.15, 0.2) is 22.8 Å². The fourth-order valence-corrected chi connectivity index (χ4v) is 2.57. The summed E-state index contributed by atoms with van der Waals surface area (Å²) in [5.74, 6) is 0. The van der Waals surface area contributed by atoms with E-state index in [-0.39, 0.29) is 0 Å². The van der Waals surface area contributed by atoms with Gasteiger partial charge in [-0.2, -0.15) is 0 Å². The minimum absolute atomic E-state index is 0.603. The molecule has 1 aliphatic heterocycles. The summed E-state index contributed by atoms with van der Waals surface area (Å²) in [6.07, 6.45) is 4.36. The van der Waals surface area contributed by atoms with Gasteiger partial charge in [0, 0.05) is 29.3 Å². The van der Waals surface area contributed by atoms with Crippen molar-refractivity contribution in [3.05, 3.63) is 28.5 Å². The Morgan fingerprint density at radius 3 is 3.00 bits per heavy atom. The highest BCUT2D eigenvalue weighted by molar-refractivity contribution is 9.10. The third-order valence-corrected chi connectivity index (χ3v) is 3.51. The Kier molecular flexibility index (Phi) is 3.62. The van der Waals surface area contributed by atoms with Crippen LogP contribution in [-0.4, -0.2) is 40.7 Å². The first kappa shape index (κ1) is 12.0. The summed E-state index contributed by atoms with van der Waals surface area (Å²) in [6.45, 7) is 1.82. The van der Waals surface area contributed by atoms with Gasteiger partial charge in [-0.3, -0.25) is 4.98 Å². The SMILES string of the molecule is CN1CCCC(O)(Cc2ccc(Br)cn2)C1. The molecule has 0 aliphatic carbocycles. The first-order valence-corrected chi connectivity index (χ1v) is 6.38. The molecule has 2 rings (SSSR count). The lowest BCUT2D eigenvalue weighted by atomic mass is 9.88. The first-order chi connectivity index (χ1) is 7.57. The molecule has 2 heterocycles. The summed E-state index contributed by atoms with van der Waals surface area (Å²) >= 11 is 3.36. The van der Waals surface area contributed by atoms with E-state index in [0.29, 0.717) is 6.42 Å². The van der Waals surface area contributed by atoms with Crippen molar-refractivity contribution >= 4 is 15.9 Å². The number of pyridine rings is 1. The standard InChI is InChI=1S/C12H17BrN2O/c1-15-6-2-5-12(16,9-15)7-11-4-3-10(13)8-14-11/h3-4,8,16H,2,5-7,9H2,1H3. The predicted octanol–water partition coefficient (Wildman–Crippen LogP) is 1.84. The molecule has 4 heteroatoms. The molecule has 0 amide bonds. The maximum absolute atomic E-state index is 10.5. The summed E-state index contributed by atoms with van der Waals surface area (Å²) < 4.78 is 0.976. The molecular weight excluding hydrogens is 268 g/mol. The van der Waals surface area contributed by atoms with Crippen LogP contribution in [0.3, 0.4) is 0 Å². The average Bonchev–Trinajstić information content (AvgIpc) is 2.21. The molecule has 1 aliphatic rings. The van der Waals surface area contributed by atoms with E-state index in [1.165, 1.54) is 0 Å². The summed E-state index contributed by atoms with van der Waals surface area (Å²) in [7, 11) is 2.05. The van der Waals surface area contributed by atoms with Gasteiger partial charge in [-0.15, -0.1) is 0 Å². The van der Waals surface area contributed by atoms with Crippen LogP contribution >= 0.6 is 15.9 Å². The Labute approximate surface area is 105 Å². The third kappa shape index (κ3) is 3.03. The molecule has 0 bridgehead atoms. The summed E-state index contributed by atoms with van der Waals surface area (Å²) in [5, 5.41) is 10.5. The highest BCUT2D eigenvalue weighted by atomic mass is 79.9. The van der Waals surface area contributed by atoms with E-state index < -0.39 is 5.60 Å². The molecule has 1 fully saturated rings. The van der Waals surface area contributed by atoms with E-state index in [0.717, 1.165) is 36.1 Å². The first-order valence-electron chi connectivity index (χ1n) is 5.59. The van der Waals surface area contributed by atoms with Gasteiger partial charge in [0.25, 0.3) is 0 Å². The second-order valence-electron chi connectivity index (χ2n) is 4.71. The number of β-amino-alcohol motifs (C(OH)–C–C–N with tert-alkyl or cyclic N) is 1. The van der Waals surface area contributed by atoms with Crippen LogP contribution in [0, 0.1) is 0 Å². The van der Waals surface area contributed by atoms with Gasteiger partial charge < -0.3 is 10.0 Å². The normalized spacial score (nSPS) is 26.9. The number of aromatic nitrogens is 1. The Balaban J connectivity index is 2.05. The molecule has 1 saturated heterocycles. The summed E-state index contributed by atoms with van der Waals surface area (Å²) in [6, 6.07) is 3.94. The van der Waals surface area contributed by atoms with Crippen LogP contribution in [-0.2, 0) is 6.42 Å². The maximum atomic E-state index is 10.5. The molecule has 0 aromatic carbocycles. The number of likely N-dealkylation sites (N-methyl/N-ethyl adjacent to an activating group) is 1. The third-order valence-electron chi connectivity index (χ3n) is 3.05. The number of hydrogen-bond acceptors (Lipinski definition) is 3. The predicted molar refractivity (Wildman–Crippen MR) is 67.3 cm³/mol. The van der Waals surface area contributed by atoms with Gasteiger partial charge >= 0.3 is 0 Å². The lowest BCUT2D eigenvalue weighted by Crippen LogP contribution is -2.47. The molecular formula is C12H17BrN2O. The number of likely N-dealkylation sites (tertiary alicyclic amines) is 1. The van der Waals surface area contributed by atoms with Crippen molar-refractivity contribution in [2.75, 3.05) is 20.1 Å². The number of aliphatic hydroxyl groups is 1. The second kappa shape index (κ2) is 4.82. The number of piperidine rings is 1. The molecule has 88 valence electrons. The number of halogens is 1. The second-order valence-corrected chi connectivity index (χ2v) is 5.63. The number of hydrogen-bond donors (Lipinski definition) is 1. The number of nitrogens with zero attached hydrogens (tertiary/aromatic N) is 2. The van der Waals surface area contributed by atoms with Gasteiger partial charge in [-0.25, -0.2) is 0 Å². The van der Waals surface area contributed by atoms with Crippen LogP contribution < -0.4 is 0 Å². The van der Waals surface area contributed by atoms with Crippen LogP contribution in [0.2, 0.25) is 0 Å². The lowest BCUT2D eigenvalue weighted by molar-refractivity contribution is -0.0230. The van der Waals surface area contributed by atoms with E-state index >= 15 is 0 Å². The van der Waals surface area contributed by atoms with E-state index in [1.807, 2.05) is 12.1 Å². The van der Waals surface area contributed by atoms with Crippen molar-refractivity contribution in [3.8, 4) is 0 Å². The van der Waals surface area contributed by atoms with Crippen LogP contribution in [0.25, 0.3) is 0 Å². The van der Waals surface area contributed by atoms with Crippen molar-refractivity contribution in [1.29, 1.82) is 0 Å². The molecule has 0 spiro atoms. The van der Waals surface area contributed by atoms with E-state index in [9.17, 15) is 5.11 Å². The molecule has 16 heavy (non-hydrogen) atoms. The largest absolute Gasteiger partial charge is 0.388 e. The molecule has 1 unspecified atom stereocenters. The summed E-state index contributed by atoms with van der Waals surface area (Å²) in [4.78, 5) is 6.50. The Morgan fingerprint density at radius 1 is 1.56 bits per heavy atom. The van der Waals surface area contributed by atoms with Crippen molar-refractivity contribution < 1.29 is 5.11 Å². The zero-order valence-electron chi connectivity index (χ0n) is 9.49. The molecule has 1 N–H and O–H groups in total. The van der Waals surface area contributed by atoms with Gasteiger partial charge in [-0.1, -0.05) is 0 Å². The highest BCUT2D eigenvalue weighted by Gasteiger charge is 2.32. The summed E-state index contributed by atoms with van der Waals surface area (Å²) in [5.41, 5.74) is 0.356. The minimum atomic E-state index is -0.603. The molecule has 0 saturated carbocycles. The number of rotatable bonds is 2. The molecule has 1 aromatic rings.